The quantitative estimate of drug-likeness (QED) is 0.352. The lowest BCUT2D eigenvalue weighted by Gasteiger charge is -2.37. The number of rotatable bonds is 1. The first-order valence-corrected chi connectivity index (χ1v) is 3.45. The first kappa shape index (κ1) is 7.45. The molecular formula is C6H13NO4. The second kappa shape index (κ2) is 3.04. The van der Waals surface area contributed by atoms with Gasteiger partial charge in [0, 0.05) is 0 Å². The monoisotopic (exact) mass is 164 g/mol. The largest absolute Gasteiger partial charge is 0.388 e. The molecule has 0 aromatic rings. The van der Waals surface area contributed by atoms with Crippen LogP contribution in [0.3, 0.4) is 0 Å². The maximum absolute atomic E-state index is 9.31. The fourth-order valence-electron chi connectivity index (χ4n) is 1.04. The Labute approximate surface area is 65.9 Å². The van der Waals surface area contributed by atoms with Crippen molar-refractivity contribution in [2.24, 2.45) is 5.73 Å². The van der Waals surface area contributed by atoms with Crippen molar-refractivity contribution in [1.29, 1.82) is 0 Å². The number of nitrogens with two attached hydrogens (primary N) is 1. The molecule has 0 aliphatic carbocycles. The van der Waals surface area contributed by atoms with Gasteiger partial charge in [-0.1, -0.05) is 0 Å². The average molecular weight is 164 g/mol. The number of aliphatic hydroxyl groups is 3. The predicted octanol–water partition coefficient (Wildman–Crippen LogP) is -2.23. The van der Waals surface area contributed by atoms with Gasteiger partial charge in [-0.2, -0.15) is 0 Å². The summed E-state index contributed by atoms with van der Waals surface area (Å²) in [5, 5.41) is 27.4. The lowest BCUT2D eigenvalue weighted by atomic mass is 9.98. The number of ether oxygens (including phenoxy) is 1. The normalized spacial score (nSPS) is 53.8. The molecule has 1 aliphatic heterocycles. The lowest BCUT2D eigenvalue weighted by molar-refractivity contribution is -0.249. The van der Waals surface area contributed by atoms with Crippen LogP contribution in [0, 0.1) is 0 Å². The van der Waals surface area contributed by atoms with E-state index in [-0.39, 0.29) is 0 Å². The first-order chi connectivity index (χ1) is 5.57. The van der Waals surface area contributed by atoms with Crippen molar-refractivity contribution in [2.75, 3.05) is 0 Å². The van der Waals surface area contributed by atoms with Crippen LogP contribution in [0.1, 0.15) is 6.92 Å². The van der Waals surface area contributed by atoms with Crippen molar-refractivity contribution in [3.05, 3.63) is 0 Å². The molecular weight excluding hydrogens is 150 g/mol. The molecule has 1 heterocycles. The van der Waals surface area contributed by atoms with Gasteiger partial charge in [0.25, 0.3) is 0 Å². The zero-order valence-electron chi connectivity index (χ0n) is 7.14. The summed E-state index contributed by atoms with van der Waals surface area (Å²) in [6, 6.07) is -0.677. The smallest absolute Gasteiger partial charge is 0.183 e. The Kier molecular flexibility index (Phi) is 2.06. The molecule has 11 heavy (non-hydrogen) atoms. The number of hydrogen-bond acceptors (Lipinski definition) is 5. The summed E-state index contributed by atoms with van der Waals surface area (Å²) >= 11 is 0. The van der Waals surface area contributed by atoms with Crippen molar-refractivity contribution < 1.29 is 21.5 Å². The first-order valence-electron chi connectivity index (χ1n) is 3.95. The Morgan fingerprint density at radius 1 is 1.36 bits per heavy atom. The van der Waals surface area contributed by atoms with Gasteiger partial charge < -0.3 is 25.8 Å². The van der Waals surface area contributed by atoms with E-state index in [1.54, 1.807) is 6.92 Å². The van der Waals surface area contributed by atoms with Crippen molar-refractivity contribution in [1.82, 2.24) is 0 Å². The molecule has 0 bridgehead atoms. The maximum Gasteiger partial charge on any atom is 0.183 e. The molecule has 1 aliphatic rings. The molecule has 1 saturated heterocycles. The van der Waals surface area contributed by atoms with Crippen molar-refractivity contribution in [3.63, 3.8) is 0 Å². The van der Waals surface area contributed by atoms with Gasteiger partial charge in [0.15, 0.2) is 6.29 Å². The number of aliphatic hydroxyl groups excluding tert-OH is 3. The van der Waals surface area contributed by atoms with E-state index in [0.29, 0.717) is 0 Å². The third-order valence-corrected chi connectivity index (χ3v) is 1.87. The Hall–Kier alpha value is -0.200. The molecule has 0 amide bonds. The molecule has 5 heteroatoms. The van der Waals surface area contributed by atoms with Crippen LogP contribution < -0.4 is 5.73 Å². The lowest BCUT2D eigenvalue weighted by Crippen LogP contribution is -2.60. The van der Waals surface area contributed by atoms with Crippen LogP contribution in [-0.2, 0) is 4.74 Å². The van der Waals surface area contributed by atoms with Gasteiger partial charge >= 0.3 is 0 Å². The van der Waals surface area contributed by atoms with Crippen LogP contribution in [0.15, 0.2) is 0 Å². The van der Waals surface area contributed by atoms with Crippen molar-refractivity contribution in [2.45, 2.75) is 37.6 Å². The van der Waals surface area contributed by atoms with Gasteiger partial charge in [-0.15, -0.1) is 0 Å². The molecule has 5 N–H and O–H groups in total. The zero-order chi connectivity index (χ0) is 9.30. The zero-order valence-corrected chi connectivity index (χ0v) is 6.14. The topological polar surface area (TPSA) is 95.9 Å². The molecule has 0 radical (unpaired) electrons. The molecule has 66 valence electrons. The summed E-state index contributed by atoms with van der Waals surface area (Å²) in [4.78, 5) is 0. The van der Waals surface area contributed by atoms with Crippen LogP contribution in [0.25, 0.3) is 0 Å². The Balaban J connectivity index is 2.65. The Morgan fingerprint density at radius 3 is 2.55 bits per heavy atom. The summed E-state index contributed by atoms with van der Waals surface area (Å²) in [6.07, 6.45) is -4.42. The SMILES string of the molecule is [2H]N[C@H]1[C@H](O)[C@@H](O)C(O)O[C@@H]1C. The second-order valence-corrected chi connectivity index (χ2v) is 2.74. The summed E-state index contributed by atoms with van der Waals surface area (Å²) in [5.41, 5.74) is 2.06. The van der Waals surface area contributed by atoms with E-state index in [1.165, 1.54) is 0 Å². The summed E-state index contributed by atoms with van der Waals surface area (Å²) in [6.45, 7) is 1.60. The van der Waals surface area contributed by atoms with E-state index in [1.807, 2.05) is 0 Å². The van der Waals surface area contributed by atoms with E-state index in [0.717, 1.165) is 0 Å². The van der Waals surface area contributed by atoms with Crippen LogP contribution in [0.5, 0.6) is 0 Å². The van der Waals surface area contributed by atoms with E-state index >= 15 is 0 Å². The van der Waals surface area contributed by atoms with Gasteiger partial charge in [-0.25, -0.2) is 0 Å². The van der Waals surface area contributed by atoms with Gasteiger partial charge in [-0.3, -0.25) is 0 Å². The highest BCUT2D eigenvalue weighted by Crippen LogP contribution is 2.17. The molecule has 0 saturated carbocycles. The minimum Gasteiger partial charge on any atom is -0.388 e. The summed E-state index contributed by atoms with van der Waals surface area (Å²) < 4.78 is 11.7. The summed E-state index contributed by atoms with van der Waals surface area (Å²) in [7, 11) is 0. The third kappa shape index (κ3) is 1.52. The third-order valence-electron chi connectivity index (χ3n) is 1.87. The molecule has 1 rings (SSSR count). The Morgan fingerprint density at radius 2 is 2.00 bits per heavy atom. The molecule has 1 fully saturated rings. The van der Waals surface area contributed by atoms with Gasteiger partial charge in [0.2, 0.25) is 0 Å². The Bertz CT molecular complexity index is 158. The maximum atomic E-state index is 9.31. The second-order valence-electron chi connectivity index (χ2n) is 2.74. The van der Waals surface area contributed by atoms with Gasteiger partial charge in [0.1, 0.15) is 13.6 Å². The van der Waals surface area contributed by atoms with E-state index < -0.39 is 30.6 Å². The number of hydrogen-bond donors (Lipinski definition) is 4. The minimum absolute atomic E-state index is 0.504. The van der Waals surface area contributed by atoms with Crippen LogP contribution in [0.2, 0.25) is 1.41 Å². The molecule has 0 spiro atoms. The fraction of sp³-hybridized carbons (Fsp3) is 1.00. The standard InChI is InChI=1S/C6H13NO4/c1-2-3(7)4(8)5(9)6(10)11-2/h2-6,8-10H,7H2,1H3/t2-,3-,4+,5-,6?/m1/s1/i/hD. The fourth-order valence-corrected chi connectivity index (χ4v) is 1.04. The van der Waals surface area contributed by atoms with Gasteiger partial charge in [-0.05, 0) is 6.92 Å². The highest BCUT2D eigenvalue weighted by atomic mass is 16.6. The molecule has 5 nitrogen and oxygen atoms in total. The van der Waals surface area contributed by atoms with E-state index in [2.05, 4.69) is 5.73 Å². The minimum atomic E-state index is -1.38. The van der Waals surface area contributed by atoms with Crippen LogP contribution >= 0.6 is 0 Å². The van der Waals surface area contributed by atoms with E-state index in [4.69, 9.17) is 16.4 Å². The average Bonchev–Trinajstić information content (AvgIpc) is 2.01. The molecule has 0 aromatic carbocycles. The molecule has 1 unspecified atom stereocenters. The van der Waals surface area contributed by atoms with Crippen molar-refractivity contribution >= 4 is 0 Å². The van der Waals surface area contributed by atoms with E-state index in [9.17, 15) is 5.11 Å². The van der Waals surface area contributed by atoms with Crippen LogP contribution in [0.4, 0.5) is 0 Å². The van der Waals surface area contributed by atoms with Gasteiger partial charge in [0.05, 0.1) is 12.1 Å². The van der Waals surface area contributed by atoms with Crippen LogP contribution in [-0.4, -0.2) is 46.0 Å². The highest BCUT2D eigenvalue weighted by Gasteiger charge is 2.39. The van der Waals surface area contributed by atoms with Crippen molar-refractivity contribution in [3.8, 4) is 0 Å². The predicted molar refractivity (Wildman–Crippen MR) is 36.5 cm³/mol. The molecule has 5 atom stereocenters. The highest BCUT2D eigenvalue weighted by molar-refractivity contribution is 4.89. The molecule has 0 aromatic heterocycles. The summed E-state index contributed by atoms with van der Waals surface area (Å²) in [5.74, 6) is 0.